The third-order valence-corrected chi connectivity index (χ3v) is 5.73. The van der Waals surface area contributed by atoms with Crippen LogP contribution in [0.1, 0.15) is 43.4 Å². The normalized spacial score (nSPS) is 17.1. The number of halogens is 1. The highest BCUT2D eigenvalue weighted by Gasteiger charge is 2.54. The summed E-state index contributed by atoms with van der Waals surface area (Å²) in [5.74, 6) is -1.51. The molecule has 0 fully saturated rings. The van der Waals surface area contributed by atoms with Gasteiger partial charge < -0.3 is 19.5 Å². The molecule has 11 heteroatoms. The van der Waals surface area contributed by atoms with Gasteiger partial charge >= 0.3 is 11.8 Å². The molecular formula is C25H25FN4O6. The van der Waals surface area contributed by atoms with Crippen molar-refractivity contribution in [2.75, 3.05) is 4.90 Å². The fourth-order valence-electron chi connectivity index (χ4n) is 4.28. The van der Waals surface area contributed by atoms with Gasteiger partial charge in [-0.05, 0) is 51.5 Å². The Balaban J connectivity index is 1.87. The molecule has 0 saturated heterocycles. The van der Waals surface area contributed by atoms with E-state index >= 15 is 0 Å². The number of aryl methyl sites for hydroxylation is 1. The monoisotopic (exact) mass is 496 g/mol. The lowest BCUT2D eigenvalue weighted by Gasteiger charge is -2.30. The van der Waals surface area contributed by atoms with E-state index in [1.807, 2.05) is 30.3 Å². The van der Waals surface area contributed by atoms with Crippen LogP contribution in [-0.4, -0.2) is 27.7 Å². The molecule has 1 aliphatic heterocycles. The van der Waals surface area contributed by atoms with Crippen molar-refractivity contribution in [3.63, 3.8) is 0 Å². The second-order valence-electron chi connectivity index (χ2n) is 9.54. The van der Waals surface area contributed by atoms with Gasteiger partial charge in [0, 0.05) is 5.56 Å². The zero-order valence-corrected chi connectivity index (χ0v) is 20.2. The number of amides is 2. The lowest BCUT2D eigenvalue weighted by Crippen LogP contribution is -2.55. The van der Waals surface area contributed by atoms with Gasteiger partial charge in [-0.15, -0.1) is 0 Å². The minimum Gasteiger partial charge on any atom is -0.444 e. The molecule has 0 spiro atoms. The fourth-order valence-corrected chi connectivity index (χ4v) is 4.28. The van der Waals surface area contributed by atoms with Gasteiger partial charge in [-0.3, -0.25) is 14.9 Å². The molecule has 0 radical (unpaired) electrons. The van der Waals surface area contributed by atoms with E-state index in [-0.39, 0.29) is 23.6 Å². The van der Waals surface area contributed by atoms with Crippen LogP contribution in [0.25, 0.3) is 0 Å². The van der Waals surface area contributed by atoms with E-state index in [0.29, 0.717) is 5.69 Å². The number of anilines is 1. The van der Waals surface area contributed by atoms with E-state index in [4.69, 9.17) is 9.26 Å². The van der Waals surface area contributed by atoms with Crippen molar-refractivity contribution in [3.05, 3.63) is 87.0 Å². The van der Waals surface area contributed by atoms with Crippen LogP contribution >= 0.6 is 0 Å². The largest absolute Gasteiger partial charge is 0.444 e. The Labute approximate surface area is 206 Å². The van der Waals surface area contributed by atoms with E-state index in [0.717, 1.165) is 11.6 Å². The van der Waals surface area contributed by atoms with Gasteiger partial charge in [-0.2, -0.15) is 0 Å². The Hall–Kier alpha value is -4.28. The first kappa shape index (κ1) is 24.8. The Bertz CT molecular complexity index is 1330. The number of rotatable bonds is 6. The SMILES string of the molecule is Cc1noc(C[C@]2(NC(=O)OC(C)(C)C)C(=O)N(Cc3ccccc3)c3ccc(F)cc32)c1[N+](=O)[O-]. The summed E-state index contributed by atoms with van der Waals surface area (Å²) in [5.41, 5.74) is -2.02. The molecule has 0 unspecified atom stereocenters. The number of nitrogens with one attached hydrogen (secondary N) is 1. The van der Waals surface area contributed by atoms with Crippen molar-refractivity contribution in [2.24, 2.45) is 0 Å². The minimum atomic E-state index is -1.95. The van der Waals surface area contributed by atoms with Crippen molar-refractivity contribution >= 4 is 23.4 Å². The summed E-state index contributed by atoms with van der Waals surface area (Å²) in [6, 6.07) is 12.9. The highest BCUT2D eigenvalue weighted by molar-refractivity contribution is 6.09. The van der Waals surface area contributed by atoms with Crippen LogP contribution in [0, 0.1) is 22.9 Å². The summed E-state index contributed by atoms with van der Waals surface area (Å²) in [6.45, 7) is 6.46. The number of hydrogen-bond acceptors (Lipinski definition) is 7. The first-order chi connectivity index (χ1) is 16.9. The first-order valence-corrected chi connectivity index (χ1v) is 11.2. The van der Waals surface area contributed by atoms with Gasteiger partial charge in [0.2, 0.25) is 5.76 Å². The molecule has 2 heterocycles. The zero-order chi connectivity index (χ0) is 26.3. The molecule has 0 aliphatic carbocycles. The third kappa shape index (κ3) is 4.64. The zero-order valence-electron chi connectivity index (χ0n) is 20.2. The van der Waals surface area contributed by atoms with Crippen LogP contribution in [0.15, 0.2) is 53.1 Å². The molecule has 188 valence electrons. The maximum Gasteiger partial charge on any atom is 0.408 e. The predicted molar refractivity (Wildman–Crippen MR) is 127 cm³/mol. The number of fused-ring (bicyclic) bond motifs is 1. The summed E-state index contributed by atoms with van der Waals surface area (Å²) in [6.07, 6.45) is -1.43. The maximum absolute atomic E-state index is 14.5. The molecule has 10 nitrogen and oxygen atoms in total. The summed E-state index contributed by atoms with van der Waals surface area (Å²) in [7, 11) is 0. The van der Waals surface area contributed by atoms with E-state index in [1.54, 1.807) is 20.8 Å². The van der Waals surface area contributed by atoms with Gasteiger partial charge in [0.15, 0.2) is 11.2 Å². The molecule has 4 rings (SSSR count). The molecule has 1 aromatic heterocycles. The van der Waals surface area contributed by atoms with E-state index < -0.39 is 46.0 Å². The van der Waals surface area contributed by atoms with Crippen molar-refractivity contribution in [1.82, 2.24) is 10.5 Å². The van der Waals surface area contributed by atoms with Crippen LogP contribution in [0.5, 0.6) is 0 Å². The van der Waals surface area contributed by atoms with Crippen molar-refractivity contribution < 1.29 is 28.2 Å². The Morgan fingerprint density at radius 3 is 2.58 bits per heavy atom. The average molecular weight is 496 g/mol. The van der Waals surface area contributed by atoms with Gasteiger partial charge in [0.25, 0.3) is 5.91 Å². The topological polar surface area (TPSA) is 128 Å². The minimum absolute atomic E-state index is 0.00784. The molecule has 0 saturated carbocycles. The van der Waals surface area contributed by atoms with Crippen molar-refractivity contribution in [1.29, 1.82) is 0 Å². The Morgan fingerprint density at radius 1 is 1.25 bits per heavy atom. The van der Waals surface area contributed by atoms with E-state index in [2.05, 4.69) is 10.5 Å². The molecule has 36 heavy (non-hydrogen) atoms. The van der Waals surface area contributed by atoms with Crippen LogP contribution in [-0.2, 0) is 28.0 Å². The van der Waals surface area contributed by atoms with Crippen LogP contribution in [0.3, 0.4) is 0 Å². The smallest absolute Gasteiger partial charge is 0.408 e. The fraction of sp³-hybridized carbons (Fsp3) is 0.320. The van der Waals surface area contributed by atoms with Crippen molar-refractivity contribution in [3.8, 4) is 0 Å². The lowest BCUT2D eigenvalue weighted by atomic mass is 9.86. The Morgan fingerprint density at radius 2 is 1.94 bits per heavy atom. The molecule has 1 aliphatic rings. The van der Waals surface area contributed by atoms with E-state index in [1.165, 1.54) is 24.0 Å². The number of alkyl carbamates (subject to hydrolysis) is 1. The van der Waals surface area contributed by atoms with Crippen LogP contribution < -0.4 is 10.2 Å². The Kier molecular flexibility index (Phi) is 6.25. The second-order valence-corrected chi connectivity index (χ2v) is 9.54. The molecule has 2 amide bonds. The number of aromatic nitrogens is 1. The van der Waals surface area contributed by atoms with Gasteiger partial charge in [-0.25, -0.2) is 9.18 Å². The number of carbonyl (C=O) groups is 2. The van der Waals surface area contributed by atoms with Crippen LogP contribution in [0.2, 0.25) is 0 Å². The maximum atomic E-state index is 14.5. The van der Waals surface area contributed by atoms with Crippen LogP contribution in [0.4, 0.5) is 20.6 Å². The number of nitro groups is 1. The summed E-state index contributed by atoms with van der Waals surface area (Å²) >= 11 is 0. The molecular weight excluding hydrogens is 471 g/mol. The highest BCUT2D eigenvalue weighted by Crippen LogP contribution is 2.45. The first-order valence-electron chi connectivity index (χ1n) is 11.2. The summed E-state index contributed by atoms with van der Waals surface area (Å²) < 4.78 is 25.2. The number of nitrogens with zero attached hydrogens (tertiary/aromatic N) is 3. The summed E-state index contributed by atoms with van der Waals surface area (Å²) in [5, 5.41) is 18.0. The number of hydrogen-bond donors (Lipinski definition) is 1. The molecule has 3 aromatic rings. The highest BCUT2D eigenvalue weighted by atomic mass is 19.1. The molecule has 1 atom stereocenters. The number of ether oxygens (including phenoxy) is 1. The molecule has 0 bridgehead atoms. The standard InChI is InChI=1S/C25H25FN4O6/c1-15-21(30(33)34)20(36-28-15)13-25(27-23(32)35-24(2,3)4)18-12-17(26)10-11-19(18)29(22(25)31)14-16-8-6-5-7-9-16/h5-12H,13-14H2,1-4H3,(H,27,32)/t25-/m1/s1. The average Bonchev–Trinajstić information content (AvgIpc) is 3.24. The number of benzene rings is 2. The summed E-state index contributed by atoms with van der Waals surface area (Å²) in [4.78, 5) is 39.5. The quantitative estimate of drug-likeness (QED) is 0.392. The molecule has 2 aromatic carbocycles. The van der Waals surface area contributed by atoms with E-state index in [9.17, 15) is 24.1 Å². The van der Waals surface area contributed by atoms with Gasteiger partial charge in [0.05, 0.1) is 23.6 Å². The van der Waals surface area contributed by atoms with Gasteiger partial charge in [-0.1, -0.05) is 35.5 Å². The third-order valence-electron chi connectivity index (χ3n) is 5.73. The van der Waals surface area contributed by atoms with Gasteiger partial charge in [0.1, 0.15) is 11.4 Å². The predicted octanol–water partition coefficient (Wildman–Crippen LogP) is 4.54. The number of carbonyl (C=O) groups excluding carboxylic acids is 2. The lowest BCUT2D eigenvalue weighted by molar-refractivity contribution is -0.386. The molecule has 1 N–H and O–H groups in total. The second kappa shape index (κ2) is 9.06. The van der Waals surface area contributed by atoms with Crippen molar-refractivity contribution in [2.45, 2.75) is 51.8 Å².